The zero-order valence-electron chi connectivity index (χ0n) is 13.4. The van der Waals surface area contributed by atoms with Crippen LogP contribution in [0.15, 0.2) is 22.7 Å². The van der Waals surface area contributed by atoms with Crippen LogP contribution < -0.4 is 10.5 Å². The summed E-state index contributed by atoms with van der Waals surface area (Å²) < 4.78 is 23.4. The van der Waals surface area contributed by atoms with Crippen molar-refractivity contribution in [2.75, 3.05) is 19.8 Å². The number of rotatable bonds is 6. The Kier molecular flexibility index (Phi) is 6.74. The molecular weight excluding hydrogens is 399 g/mol. The molecule has 0 radical (unpaired) electrons. The number of hydrogen-bond donors (Lipinski definition) is 1. The summed E-state index contributed by atoms with van der Waals surface area (Å²) in [7, 11) is 0. The van der Waals surface area contributed by atoms with Gasteiger partial charge in [-0.25, -0.2) is 9.18 Å². The van der Waals surface area contributed by atoms with Gasteiger partial charge in [-0.05, 0) is 53.4 Å². The highest BCUT2D eigenvalue weighted by atomic mass is 79.9. The van der Waals surface area contributed by atoms with E-state index < -0.39 is 42.9 Å². The van der Waals surface area contributed by atoms with Gasteiger partial charge in [0, 0.05) is 6.54 Å². The summed E-state index contributed by atoms with van der Waals surface area (Å²) in [6.07, 6.45) is 2.10. The predicted molar refractivity (Wildman–Crippen MR) is 89.1 cm³/mol. The minimum Gasteiger partial charge on any atom is -0.481 e. The zero-order chi connectivity index (χ0) is 18.4. The molecule has 7 nitrogen and oxygen atoms in total. The van der Waals surface area contributed by atoms with E-state index in [-0.39, 0.29) is 5.75 Å². The number of halogens is 2. The number of primary amides is 1. The summed E-state index contributed by atoms with van der Waals surface area (Å²) in [5, 5.41) is 0. The molecule has 9 heteroatoms. The SMILES string of the molecule is NC(=O)[C@H]1CCCCN1C(=O)COC(=O)COc1ccc(F)cc1Br. The van der Waals surface area contributed by atoms with E-state index in [2.05, 4.69) is 15.9 Å². The van der Waals surface area contributed by atoms with Crippen LogP contribution in [-0.2, 0) is 19.1 Å². The van der Waals surface area contributed by atoms with Crippen molar-refractivity contribution in [1.29, 1.82) is 0 Å². The summed E-state index contributed by atoms with van der Waals surface area (Å²) in [4.78, 5) is 36.6. The van der Waals surface area contributed by atoms with E-state index in [0.29, 0.717) is 17.4 Å². The maximum absolute atomic E-state index is 13.0. The Morgan fingerprint density at radius 2 is 2.04 bits per heavy atom. The molecule has 1 saturated heterocycles. The summed E-state index contributed by atoms with van der Waals surface area (Å²) in [5.41, 5.74) is 5.30. The molecule has 0 spiro atoms. The van der Waals surface area contributed by atoms with E-state index in [9.17, 15) is 18.8 Å². The Hall–Kier alpha value is -2.16. The van der Waals surface area contributed by atoms with Gasteiger partial charge in [0.25, 0.3) is 5.91 Å². The number of amides is 2. The lowest BCUT2D eigenvalue weighted by molar-refractivity contribution is -0.156. The molecule has 1 heterocycles. The van der Waals surface area contributed by atoms with Crippen LogP contribution in [0.3, 0.4) is 0 Å². The van der Waals surface area contributed by atoms with Crippen molar-refractivity contribution in [1.82, 2.24) is 4.90 Å². The lowest BCUT2D eigenvalue weighted by atomic mass is 10.0. The Bertz CT molecular complexity index is 670. The fraction of sp³-hybridized carbons (Fsp3) is 0.438. The van der Waals surface area contributed by atoms with Gasteiger partial charge >= 0.3 is 5.97 Å². The number of carbonyl (C=O) groups excluding carboxylic acids is 3. The minimum atomic E-state index is -0.753. The van der Waals surface area contributed by atoms with Gasteiger partial charge in [0.05, 0.1) is 4.47 Å². The molecule has 0 unspecified atom stereocenters. The molecule has 1 aromatic rings. The van der Waals surface area contributed by atoms with Gasteiger partial charge in [-0.15, -0.1) is 0 Å². The molecule has 1 atom stereocenters. The smallest absolute Gasteiger partial charge is 0.344 e. The summed E-state index contributed by atoms with van der Waals surface area (Å²) >= 11 is 3.11. The third-order valence-corrected chi connectivity index (χ3v) is 4.37. The number of ether oxygens (including phenoxy) is 2. The third-order valence-electron chi connectivity index (χ3n) is 3.75. The molecular formula is C16H18BrFN2O5. The summed E-state index contributed by atoms with van der Waals surface area (Å²) in [5.74, 6) is -1.96. The first-order valence-corrected chi connectivity index (χ1v) is 8.50. The molecule has 0 aromatic heterocycles. The second kappa shape index (κ2) is 8.80. The topological polar surface area (TPSA) is 98.9 Å². The van der Waals surface area contributed by atoms with Crippen LogP contribution in [0.2, 0.25) is 0 Å². The van der Waals surface area contributed by atoms with Crippen molar-refractivity contribution in [3.63, 3.8) is 0 Å². The van der Waals surface area contributed by atoms with Gasteiger partial charge in [0.2, 0.25) is 5.91 Å². The molecule has 1 aromatic carbocycles. The van der Waals surface area contributed by atoms with Crippen molar-refractivity contribution >= 4 is 33.7 Å². The molecule has 2 rings (SSSR count). The van der Waals surface area contributed by atoms with E-state index in [1.54, 1.807) is 0 Å². The first-order chi connectivity index (χ1) is 11.9. The van der Waals surface area contributed by atoms with Gasteiger partial charge in [-0.1, -0.05) is 0 Å². The van der Waals surface area contributed by atoms with Crippen molar-refractivity contribution in [2.24, 2.45) is 5.73 Å². The maximum atomic E-state index is 13.0. The van der Waals surface area contributed by atoms with Crippen LogP contribution in [0.1, 0.15) is 19.3 Å². The maximum Gasteiger partial charge on any atom is 0.344 e. The van der Waals surface area contributed by atoms with E-state index >= 15 is 0 Å². The lowest BCUT2D eigenvalue weighted by Crippen LogP contribution is -2.51. The normalized spacial score (nSPS) is 17.0. The quantitative estimate of drug-likeness (QED) is 0.706. The van der Waals surface area contributed by atoms with Gasteiger partial charge in [-0.2, -0.15) is 0 Å². The average molecular weight is 417 g/mol. The van der Waals surface area contributed by atoms with E-state index in [1.165, 1.54) is 23.1 Å². The Balaban J connectivity index is 1.80. The first kappa shape index (κ1) is 19.2. The molecule has 2 N–H and O–H groups in total. The monoisotopic (exact) mass is 416 g/mol. The minimum absolute atomic E-state index is 0.273. The van der Waals surface area contributed by atoms with Crippen LogP contribution in [0.4, 0.5) is 4.39 Å². The number of nitrogens with two attached hydrogens (primary N) is 1. The Morgan fingerprint density at radius 3 is 2.72 bits per heavy atom. The third kappa shape index (κ3) is 5.42. The highest BCUT2D eigenvalue weighted by molar-refractivity contribution is 9.10. The van der Waals surface area contributed by atoms with Gasteiger partial charge in [-0.3, -0.25) is 9.59 Å². The van der Waals surface area contributed by atoms with Crippen LogP contribution in [0, 0.1) is 5.82 Å². The molecule has 1 aliphatic rings. The van der Waals surface area contributed by atoms with Crippen molar-refractivity contribution in [3.8, 4) is 5.75 Å². The predicted octanol–water partition coefficient (Wildman–Crippen LogP) is 1.38. The number of nitrogens with zero attached hydrogens (tertiary/aromatic N) is 1. The number of benzene rings is 1. The van der Waals surface area contributed by atoms with Crippen molar-refractivity contribution in [3.05, 3.63) is 28.5 Å². The van der Waals surface area contributed by atoms with Crippen LogP contribution in [0.5, 0.6) is 5.75 Å². The fourth-order valence-corrected chi connectivity index (χ4v) is 2.99. The van der Waals surface area contributed by atoms with E-state index in [1.807, 2.05) is 0 Å². The average Bonchev–Trinajstić information content (AvgIpc) is 2.58. The fourth-order valence-electron chi connectivity index (χ4n) is 2.52. The molecule has 0 bridgehead atoms. The Morgan fingerprint density at radius 1 is 1.28 bits per heavy atom. The zero-order valence-corrected chi connectivity index (χ0v) is 15.0. The van der Waals surface area contributed by atoms with Crippen LogP contribution >= 0.6 is 15.9 Å². The summed E-state index contributed by atoms with van der Waals surface area (Å²) in [6, 6.07) is 3.09. The first-order valence-electron chi connectivity index (χ1n) is 7.70. The molecule has 0 saturated carbocycles. The standard InChI is InChI=1S/C16H18BrFN2O5/c17-11-7-10(18)4-5-13(11)24-9-15(22)25-8-14(21)20-6-2-1-3-12(20)16(19)23/h4-5,7,12H,1-3,6,8-9H2,(H2,19,23)/t12-/m1/s1. The second-order valence-corrected chi connectivity index (χ2v) is 6.38. The van der Waals surface area contributed by atoms with Crippen molar-refractivity contribution < 1.29 is 28.2 Å². The highest BCUT2D eigenvalue weighted by Crippen LogP contribution is 2.25. The van der Waals surface area contributed by atoms with E-state index in [0.717, 1.165) is 12.8 Å². The van der Waals surface area contributed by atoms with Crippen LogP contribution in [-0.4, -0.2) is 48.5 Å². The number of piperidine rings is 1. The highest BCUT2D eigenvalue weighted by Gasteiger charge is 2.30. The molecule has 1 fully saturated rings. The number of hydrogen-bond acceptors (Lipinski definition) is 5. The molecule has 25 heavy (non-hydrogen) atoms. The Labute approximate surface area is 152 Å². The second-order valence-electron chi connectivity index (χ2n) is 5.53. The van der Waals surface area contributed by atoms with Crippen LogP contribution in [0.25, 0.3) is 0 Å². The van der Waals surface area contributed by atoms with Gasteiger partial charge in [0.15, 0.2) is 13.2 Å². The number of esters is 1. The molecule has 1 aliphatic heterocycles. The van der Waals surface area contributed by atoms with Gasteiger partial charge in [0.1, 0.15) is 17.6 Å². The van der Waals surface area contributed by atoms with Crippen molar-refractivity contribution in [2.45, 2.75) is 25.3 Å². The van der Waals surface area contributed by atoms with E-state index in [4.69, 9.17) is 15.2 Å². The molecule has 2 amide bonds. The molecule has 0 aliphatic carbocycles. The lowest BCUT2D eigenvalue weighted by Gasteiger charge is -2.33. The largest absolute Gasteiger partial charge is 0.481 e. The molecule has 136 valence electrons. The van der Waals surface area contributed by atoms with Gasteiger partial charge < -0.3 is 20.1 Å². The summed E-state index contributed by atoms with van der Waals surface area (Å²) in [6.45, 7) is -0.518. The number of carbonyl (C=O) groups is 3. The number of likely N-dealkylation sites (tertiary alicyclic amines) is 1.